The summed E-state index contributed by atoms with van der Waals surface area (Å²) in [5.41, 5.74) is 0.469. The minimum atomic E-state index is -0.876. The molecular formula is C22H17ClFNO4. The molecule has 5 nitrogen and oxygen atoms in total. The lowest BCUT2D eigenvalue weighted by Crippen LogP contribution is -2.40. The van der Waals surface area contributed by atoms with E-state index >= 15 is 0 Å². The predicted octanol–water partition coefficient (Wildman–Crippen LogP) is 3.51. The van der Waals surface area contributed by atoms with E-state index < -0.39 is 35.3 Å². The molecule has 5 rings (SSSR count). The third-order valence-electron chi connectivity index (χ3n) is 5.81. The van der Waals surface area contributed by atoms with E-state index in [0.29, 0.717) is 5.69 Å². The smallest absolute Gasteiger partial charge is 0.313 e. The summed E-state index contributed by atoms with van der Waals surface area (Å²) in [5.74, 6) is -2.65. The molecule has 0 aliphatic carbocycles. The van der Waals surface area contributed by atoms with Crippen LogP contribution >= 0.6 is 11.6 Å². The van der Waals surface area contributed by atoms with E-state index in [1.165, 1.54) is 23.1 Å². The maximum atomic E-state index is 13.5. The first-order valence-electron chi connectivity index (χ1n) is 9.33. The van der Waals surface area contributed by atoms with Gasteiger partial charge in [-0.15, -0.1) is 0 Å². The fourth-order valence-electron chi connectivity index (χ4n) is 4.46. The Bertz CT molecular complexity index is 1030. The van der Waals surface area contributed by atoms with Crippen LogP contribution < -0.4 is 4.90 Å². The van der Waals surface area contributed by atoms with E-state index in [2.05, 4.69) is 0 Å². The van der Waals surface area contributed by atoms with Crippen LogP contribution in [0, 0.1) is 17.7 Å². The van der Waals surface area contributed by atoms with Crippen molar-refractivity contribution in [1.82, 2.24) is 0 Å². The molecule has 0 radical (unpaired) electrons. The Hall–Kier alpha value is -2.70. The number of ether oxygens (including phenoxy) is 2. The number of esters is 1. The number of fused-ring (bicyclic) bond motifs is 1. The minimum absolute atomic E-state index is 0.0653. The van der Waals surface area contributed by atoms with Crippen molar-refractivity contribution in [2.24, 2.45) is 11.8 Å². The number of nitrogens with zero attached hydrogens (tertiary/aromatic N) is 1. The first-order chi connectivity index (χ1) is 14.0. The molecule has 0 aromatic heterocycles. The van der Waals surface area contributed by atoms with Crippen LogP contribution in [0.5, 0.6) is 0 Å². The Morgan fingerprint density at radius 3 is 2.83 bits per heavy atom. The summed E-state index contributed by atoms with van der Waals surface area (Å²) in [4.78, 5) is 27.6. The molecule has 0 N–H and O–H groups in total. The summed E-state index contributed by atoms with van der Waals surface area (Å²) in [7, 11) is 0. The van der Waals surface area contributed by atoms with Crippen LogP contribution in [0.4, 0.5) is 10.1 Å². The number of carbonyl (C=O) groups excluding carboxylic acids is 2. The zero-order valence-electron chi connectivity index (χ0n) is 15.3. The molecule has 29 heavy (non-hydrogen) atoms. The van der Waals surface area contributed by atoms with E-state index in [4.69, 9.17) is 21.1 Å². The number of anilines is 1. The third-order valence-corrected chi connectivity index (χ3v) is 6.10. The Balaban J connectivity index is 1.39. The zero-order chi connectivity index (χ0) is 20.2. The van der Waals surface area contributed by atoms with Crippen LogP contribution in [-0.4, -0.2) is 30.1 Å². The number of benzene rings is 2. The molecule has 2 aromatic carbocycles. The summed E-state index contributed by atoms with van der Waals surface area (Å²) in [5, 5.41) is -0.0653. The van der Waals surface area contributed by atoms with E-state index in [1.54, 1.807) is 0 Å². The first-order valence-corrected chi connectivity index (χ1v) is 9.70. The van der Waals surface area contributed by atoms with Gasteiger partial charge in [0.2, 0.25) is 5.91 Å². The van der Waals surface area contributed by atoms with Gasteiger partial charge in [0.25, 0.3) is 0 Å². The summed E-state index contributed by atoms with van der Waals surface area (Å²) in [6.07, 6.45) is 3.19. The van der Waals surface area contributed by atoms with Crippen LogP contribution in [0.1, 0.15) is 5.56 Å². The molecular weight excluding hydrogens is 397 g/mol. The van der Waals surface area contributed by atoms with Crippen LogP contribution in [0.25, 0.3) is 0 Å². The Morgan fingerprint density at radius 2 is 2.07 bits per heavy atom. The van der Waals surface area contributed by atoms with Gasteiger partial charge in [0.15, 0.2) is 0 Å². The van der Waals surface area contributed by atoms with Crippen molar-refractivity contribution in [2.75, 3.05) is 11.4 Å². The van der Waals surface area contributed by atoms with Gasteiger partial charge in [-0.25, -0.2) is 4.39 Å². The molecule has 0 saturated carbocycles. The van der Waals surface area contributed by atoms with Crippen molar-refractivity contribution in [3.8, 4) is 0 Å². The lowest BCUT2D eigenvalue weighted by Gasteiger charge is -2.22. The molecule has 3 aliphatic heterocycles. The van der Waals surface area contributed by atoms with Gasteiger partial charge in [-0.05, 0) is 23.8 Å². The average Bonchev–Trinajstić information content (AvgIpc) is 3.37. The van der Waals surface area contributed by atoms with Gasteiger partial charge >= 0.3 is 5.97 Å². The van der Waals surface area contributed by atoms with Gasteiger partial charge in [0.05, 0.1) is 23.6 Å². The number of carbonyl (C=O) groups is 2. The molecule has 2 saturated heterocycles. The van der Waals surface area contributed by atoms with Crippen molar-refractivity contribution in [1.29, 1.82) is 0 Å². The van der Waals surface area contributed by atoms with Gasteiger partial charge < -0.3 is 14.4 Å². The van der Waals surface area contributed by atoms with Gasteiger partial charge in [0, 0.05) is 5.69 Å². The quantitative estimate of drug-likeness (QED) is 0.568. The molecule has 148 valence electrons. The molecule has 2 aromatic rings. The highest BCUT2D eigenvalue weighted by molar-refractivity contribution is 6.31. The van der Waals surface area contributed by atoms with Crippen molar-refractivity contribution in [3.63, 3.8) is 0 Å². The van der Waals surface area contributed by atoms with Crippen molar-refractivity contribution < 1.29 is 23.5 Å². The molecule has 3 heterocycles. The van der Waals surface area contributed by atoms with Crippen LogP contribution in [0.2, 0.25) is 5.02 Å². The van der Waals surface area contributed by atoms with Crippen LogP contribution in [-0.2, 0) is 25.7 Å². The molecule has 1 spiro atoms. The Morgan fingerprint density at radius 1 is 1.28 bits per heavy atom. The fraction of sp³-hybridized carbons (Fsp3) is 0.273. The van der Waals surface area contributed by atoms with E-state index in [9.17, 15) is 14.0 Å². The second-order valence-corrected chi connectivity index (χ2v) is 7.92. The zero-order valence-corrected chi connectivity index (χ0v) is 16.0. The largest absolute Gasteiger partial charge is 0.460 e. The first kappa shape index (κ1) is 18.3. The second kappa shape index (κ2) is 6.68. The van der Waals surface area contributed by atoms with Gasteiger partial charge in [-0.1, -0.05) is 54.1 Å². The van der Waals surface area contributed by atoms with E-state index in [-0.39, 0.29) is 24.1 Å². The molecule has 2 fully saturated rings. The number of halogens is 2. The van der Waals surface area contributed by atoms with Gasteiger partial charge in [0.1, 0.15) is 23.9 Å². The number of amides is 1. The monoisotopic (exact) mass is 413 g/mol. The van der Waals surface area contributed by atoms with Gasteiger partial charge in [-0.3, -0.25) is 9.59 Å². The molecule has 3 aliphatic rings. The second-order valence-electron chi connectivity index (χ2n) is 7.52. The highest BCUT2D eigenvalue weighted by Gasteiger charge is 2.67. The average molecular weight is 414 g/mol. The maximum absolute atomic E-state index is 13.5. The Kier molecular flexibility index (Phi) is 4.22. The molecule has 1 amide bonds. The standard InChI is InChI=1S/C22H17ClFNO4/c23-15-10-14(6-7-16(15)24)25-12-22-9-8-17(29-22)18(19(22)20(25)26)21(27)28-11-13-4-2-1-3-5-13/h1-10,17-19H,11-12H2/t17-,18-,19-,22+/m0/s1. The van der Waals surface area contributed by atoms with E-state index in [1.807, 2.05) is 42.5 Å². The summed E-state index contributed by atoms with van der Waals surface area (Å²) < 4.78 is 25.1. The highest BCUT2D eigenvalue weighted by atomic mass is 35.5. The number of rotatable bonds is 4. The number of hydrogen-bond acceptors (Lipinski definition) is 4. The normalized spacial score (nSPS) is 29.4. The predicted molar refractivity (Wildman–Crippen MR) is 104 cm³/mol. The van der Waals surface area contributed by atoms with Crippen molar-refractivity contribution >= 4 is 29.2 Å². The lowest BCUT2D eigenvalue weighted by atomic mass is 9.77. The highest BCUT2D eigenvalue weighted by Crippen LogP contribution is 2.53. The van der Waals surface area contributed by atoms with E-state index in [0.717, 1.165) is 5.56 Å². The molecule has 7 heteroatoms. The summed E-state index contributed by atoms with van der Waals surface area (Å²) in [6.45, 7) is 0.381. The Labute approximate surface area is 171 Å². The van der Waals surface area contributed by atoms with Crippen molar-refractivity contribution in [3.05, 3.63) is 77.1 Å². The molecule has 4 atom stereocenters. The SMILES string of the molecule is O=C(OCc1ccccc1)[C@H]1[C@@H]2C=C[C@]3(CN(c4ccc(F)c(Cl)c4)C(=O)[C@H]13)O2. The maximum Gasteiger partial charge on any atom is 0.313 e. The van der Waals surface area contributed by atoms with Crippen LogP contribution in [0.15, 0.2) is 60.7 Å². The fourth-order valence-corrected chi connectivity index (χ4v) is 4.64. The van der Waals surface area contributed by atoms with Gasteiger partial charge in [-0.2, -0.15) is 0 Å². The molecule has 0 unspecified atom stereocenters. The van der Waals surface area contributed by atoms with Crippen molar-refractivity contribution in [2.45, 2.75) is 18.3 Å². The topological polar surface area (TPSA) is 55.8 Å². The minimum Gasteiger partial charge on any atom is -0.460 e. The summed E-state index contributed by atoms with van der Waals surface area (Å²) >= 11 is 5.88. The third kappa shape index (κ3) is 2.86. The number of hydrogen-bond donors (Lipinski definition) is 0. The molecule has 2 bridgehead atoms. The lowest BCUT2D eigenvalue weighted by molar-refractivity contribution is -0.153. The van der Waals surface area contributed by atoms with Crippen LogP contribution in [0.3, 0.4) is 0 Å². The summed E-state index contributed by atoms with van der Waals surface area (Å²) in [6, 6.07) is 13.5.